The van der Waals surface area contributed by atoms with E-state index < -0.39 is 5.97 Å². The number of esters is 1. The quantitative estimate of drug-likeness (QED) is 0.666. The summed E-state index contributed by atoms with van der Waals surface area (Å²) in [5.41, 5.74) is 1.47. The summed E-state index contributed by atoms with van der Waals surface area (Å²) in [5.74, 6) is -0.302. The Morgan fingerprint density at radius 1 is 1.24 bits per heavy atom. The van der Waals surface area contributed by atoms with Gasteiger partial charge in [-0.05, 0) is 23.8 Å². The first kappa shape index (κ1) is 15.3. The molecular weight excluding hydrogens is 334 g/mol. The Morgan fingerprint density at radius 2 is 2.00 bits per heavy atom. The molecule has 0 aliphatic carbocycles. The van der Waals surface area contributed by atoms with Crippen molar-refractivity contribution in [1.82, 2.24) is 0 Å². The van der Waals surface area contributed by atoms with Gasteiger partial charge in [-0.15, -0.1) is 0 Å². The molecule has 0 bridgehead atoms. The minimum Gasteiger partial charge on any atom is -0.507 e. The molecule has 0 aliphatic heterocycles. The number of hydrogen-bond donors (Lipinski definition) is 1. The third kappa shape index (κ3) is 5.04. The summed E-state index contributed by atoms with van der Waals surface area (Å²) in [4.78, 5) is 15.5. The third-order valence-corrected chi connectivity index (χ3v) is 3.18. The summed E-state index contributed by atoms with van der Waals surface area (Å²) in [6.07, 6.45) is 1.45. The maximum atomic E-state index is 11.6. The average molecular weight is 348 g/mol. The van der Waals surface area contributed by atoms with Crippen LogP contribution in [-0.4, -0.2) is 23.8 Å². The molecule has 0 aliphatic rings. The van der Waals surface area contributed by atoms with Gasteiger partial charge in [-0.1, -0.05) is 46.3 Å². The van der Waals surface area contributed by atoms with Gasteiger partial charge in [0, 0.05) is 16.3 Å². The number of hydrogen-bond acceptors (Lipinski definition) is 4. The first-order valence-electron chi connectivity index (χ1n) is 6.33. The smallest absolute Gasteiger partial charge is 0.328 e. The summed E-state index contributed by atoms with van der Waals surface area (Å²) in [7, 11) is 0. The van der Waals surface area contributed by atoms with Gasteiger partial charge in [0.05, 0.1) is 0 Å². The zero-order valence-electron chi connectivity index (χ0n) is 11.2. The molecule has 0 spiro atoms. The molecule has 21 heavy (non-hydrogen) atoms. The molecule has 1 N–H and O–H groups in total. The third-order valence-electron chi connectivity index (χ3n) is 2.68. The Kier molecular flexibility index (Phi) is 5.51. The van der Waals surface area contributed by atoms with Crippen LogP contribution in [0.3, 0.4) is 0 Å². The lowest BCUT2D eigenvalue weighted by atomic mass is 10.2. The van der Waals surface area contributed by atoms with Crippen molar-refractivity contribution in [3.8, 4) is 5.75 Å². The van der Waals surface area contributed by atoms with Crippen LogP contribution in [0.15, 0.2) is 58.0 Å². The fraction of sp³-hybridized carbons (Fsp3) is 0.125. The molecule has 0 radical (unpaired) electrons. The second kappa shape index (κ2) is 7.59. The molecular formula is C16H14BrNO3. The Labute approximate surface area is 131 Å². The van der Waals surface area contributed by atoms with E-state index in [9.17, 15) is 9.90 Å². The minimum atomic E-state index is -0.412. The molecule has 0 saturated carbocycles. The van der Waals surface area contributed by atoms with Gasteiger partial charge in [-0.3, -0.25) is 9.79 Å². The van der Waals surface area contributed by atoms with E-state index in [1.54, 1.807) is 18.2 Å². The van der Waals surface area contributed by atoms with Crippen molar-refractivity contribution in [2.75, 3.05) is 6.54 Å². The molecule has 0 amide bonds. The monoisotopic (exact) mass is 347 g/mol. The van der Waals surface area contributed by atoms with E-state index in [0.29, 0.717) is 5.56 Å². The number of carbonyl (C=O) groups excluding carboxylic acids is 1. The summed E-state index contributed by atoms with van der Waals surface area (Å²) in [6.45, 7) is 0.149. The fourth-order valence-electron chi connectivity index (χ4n) is 1.63. The molecule has 0 fully saturated rings. The number of rotatable bonds is 5. The number of aromatic hydroxyl groups is 1. The lowest BCUT2D eigenvalue weighted by molar-refractivity contribution is -0.143. The van der Waals surface area contributed by atoms with Gasteiger partial charge in [0.2, 0.25) is 0 Å². The van der Waals surface area contributed by atoms with Crippen LogP contribution in [0, 0.1) is 0 Å². The molecule has 0 unspecified atom stereocenters. The van der Waals surface area contributed by atoms with Crippen molar-refractivity contribution in [3.05, 3.63) is 64.1 Å². The Bertz CT molecular complexity index is 641. The van der Waals surface area contributed by atoms with Crippen molar-refractivity contribution in [1.29, 1.82) is 0 Å². The van der Waals surface area contributed by atoms with Crippen LogP contribution in [0.2, 0.25) is 0 Å². The number of aliphatic imine (C=N–C) groups is 1. The van der Waals surface area contributed by atoms with Gasteiger partial charge >= 0.3 is 5.97 Å². The normalized spacial score (nSPS) is 10.7. The van der Waals surface area contributed by atoms with Gasteiger partial charge in [0.25, 0.3) is 0 Å². The zero-order chi connectivity index (χ0) is 15.1. The highest BCUT2D eigenvalue weighted by atomic mass is 79.9. The zero-order valence-corrected chi connectivity index (χ0v) is 12.8. The summed E-state index contributed by atoms with van der Waals surface area (Å²) >= 11 is 3.30. The van der Waals surface area contributed by atoms with Crippen molar-refractivity contribution < 1.29 is 14.6 Å². The number of nitrogens with zero attached hydrogens (tertiary/aromatic N) is 1. The summed E-state index contributed by atoms with van der Waals surface area (Å²) in [6, 6.07) is 14.4. The van der Waals surface area contributed by atoms with Crippen LogP contribution >= 0.6 is 15.9 Å². The van der Waals surface area contributed by atoms with E-state index in [1.165, 1.54) is 6.21 Å². The molecule has 0 aromatic heterocycles. The lowest BCUT2D eigenvalue weighted by Gasteiger charge is -2.03. The predicted octanol–water partition coefficient (Wildman–Crippen LogP) is 3.32. The second-order valence-electron chi connectivity index (χ2n) is 4.32. The number of phenolic OH excluding ortho intramolecular Hbond substituents is 1. The summed E-state index contributed by atoms with van der Waals surface area (Å²) in [5, 5.41) is 9.62. The van der Waals surface area contributed by atoms with Crippen LogP contribution in [0.1, 0.15) is 11.1 Å². The SMILES string of the molecule is O=C(CN=Cc1cc(Br)ccc1O)OCc1ccccc1. The van der Waals surface area contributed by atoms with E-state index >= 15 is 0 Å². The fourth-order valence-corrected chi connectivity index (χ4v) is 2.01. The number of carbonyl (C=O) groups is 1. The van der Waals surface area contributed by atoms with Crippen LogP contribution in [0.5, 0.6) is 5.75 Å². The van der Waals surface area contributed by atoms with Gasteiger partial charge in [0.15, 0.2) is 0 Å². The first-order valence-corrected chi connectivity index (χ1v) is 7.12. The van der Waals surface area contributed by atoms with E-state index in [4.69, 9.17) is 4.74 Å². The van der Waals surface area contributed by atoms with Gasteiger partial charge in [0.1, 0.15) is 18.9 Å². The number of halogens is 1. The second-order valence-corrected chi connectivity index (χ2v) is 5.23. The maximum Gasteiger partial charge on any atom is 0.328 e. The largest absolute Gasteiger partial charge is 0.507 e. The van der Waals surface area contributed by atoms with Crippen LogP contribution < -0.4 is 0 Å². The molecule has 0 heterocycles. The molecule has 2 aromatic carbocycles. The average Bonchev–Trinajstić information content (AvgIpc) is 2.50. The first-order chi connectivity index (χ1) is 10.1. The molecule has 108 valence electrons. The molecule has 0 atom stereocenters. The van der Waals surface area contributed by atoms with Crippen LogP contribution in [0.25, 0.3) is 0 Å². The van der Waals surface area contributed by atoms with Crippen LogP contribution in [-0.2, 0) is 16.1 Å². The standard InChI is InChI=1S/C16H14BrNO3/c17-14-6-7-15(19)13(8-14)9-18-10-16(20)21-11-12-4-2-1-3-5-12/h1-9,19H,10-11H2. The highest BCUT2D eigenvalue weighted by Crippen LogP contribution is 2.19. The minimum absolute atomic E-state index is 0.0845. The number of ether oxygens (including phenoxy) is 1. The Balaban J connectivity index is 1.83. The van der Waals surface area contributed by atoms with Crippen molar-refractivity contribution >= 4 is 28.1 Å². The molecule has 2 rings (SSSR count). The Hall–Kier alpha value is -2.14. The highest BCUT2D eigenvalue weighted by Gasteiger charge is 2.02. The van der Waals surface area contributed by atoms with Crippen molar-refractivity contribution in [2.24, 2.45) is 4.99 Å². The van der Waals surface area contributed by atoms with E-state index in [1.807, 2.05) is 30.3 Å². The molecule has 2 aromatic rings. The van der Waals surface area contributed by atoms with E-state index in [-0.39, 0.29) is 18.9 Å². The lowest BCUT2D eigenvalue weighted by Crippen LogP contribution is -2.08. The highest BCUT2D eigenvalue weighted by molar-refractivity contribution is 9.10. The summed E-state index contributed by atoms with van der Waals surface area (Å²) < 4.78 is 5.92. The maximum absolute atomic E-state index is 11.6. The Morgan fingerprint density at radius 3 is 2.76 bits per heavy atom. The predicted molar refractivity (Wildman–Crippen MR) is 84.5 cm³/mol. The number of phenols is 1. The number of benzene rings is 2. The topological polar surface area (TPSA) is 58.9 Å². The van der Waals surface area contributed by atoms with E-state index in [2.05, 4.69) is 20.9 Å². The molecule has 5 heteroatoms. The van der Waals surface area contributed by atoms with E-state index in [0.717, 1.165) is 10.0 Å². The van der Waals surface area contributed by atoms with Crippen LogP contribution in [0.4, 0.5) is 0 Å². The molecule has 0 saturated heterocycles. The van der Waals surface area contributed by atoms with Gasteiger partial charge in [-0.2, -0.15) is 0 Å². The van der Waals surface area contributed by atoms with Gasteiger partial charge in [-0.25, -0.2) is 0 Å². The molecule has 4 nitrogen and oxygen atoms in total. The van der Waals surface area contributed by atoms with Crippen molar-refractivity contribution in [2.45, 2.75) is 6.61 Å². The van der Waals surface area contributed by atoms with Crippen molar-refractivity contribution in [3.63, 3.8) is 0 Å². The van der Waals surface area contributed by atoms with Gasteiger partial charge < -0.3 is 9.84 Å².